The lowest BCUT2D eigenvalue weighted by Gasteiger charge is -2.27. The van der Waals surface area contributed by atoms with Crippen LogP contribution in [-0.4, -0.2) is 66.7 Å². The van der Waals surface area contributed by atoms with Crippen molar-refractivity contribution in [3.05, 3.63) is 0 Å². The molecule has 0 spiro atoms. The van der Waals surface area contributed by atoms with Gasteiger partial charge in [0.2, 0.25) is 0 Å². The van der Waals surface area contributed by atoms with Gasteiger partial charge >= 0.3 is 12.0 Å². The number of nitrogens with one attached hydrogen (secondary N) is 1. The van der Waals surface area contributed by atoms with Crippen molar-refractivity contribution in [3.63, 3.8) is 0 Å². The Balaban J connectivity index is 4.66. The number of urea groups is 1. The molecule has 0 fully saturated rings. The van der Waals surface area contributed by atoms with Gasteiger partial charge in [0.15, 0.2) is 0 Å². The molecule has 6 nitrogen and oxygen atoms in total. The minimum absolute atomic E-state index is 0.0891. The summed E-state index contributed by atoms with van der Waals surface area (Å²) in [6.07, 6.45) is 1.56. The normalized spacial score (nSPS) is 13.9. The van der Waals surface area contributed by atoms with Gasteiger partial charge in [0, 0.05) is 19.6 Å². The van der Waals surface area contributed by atoms with Gasteiger partial charge < -0.3 is 20.2 Å². The second kappa shape index (κ2) is 9.58. The lowest BCUT2D eigenvalue weighted by Crippen LogP contribution is -2.51. The van der Waals surface area contributed by atoms with Crippen molar-refractivity contribution in [1.82, 2.24) is 15.1 Å². The fourth-order valence-electron chi connectivity index (χ4n) is 1.81. The molecule has 0 saturated carbocycles. The molecule has 1 unspecified atom stereocenters. The van der Waals surface area contributed by atoms with E-state index < -0.39 is 12.0 Å². The molecule has 0 rings (SSSR count). The summed E-state index contributed by atoms with van der Waals surface area (Å²) < 4.78 is 0. The molecule has 0 aliphatic heterocycles. The van der Waals surface area contributed by atoms with Gasteiger partial charge in [0.1, 0.15) is 6.04 Å². The number of nitrogens with zero attached hydrogens (tertiary/aromatic N) is 2. The second-order valence-electron chi connectivity index (χ2n) is 5.44. The molecule has 0 aliphatic rings. The first-order valence-corrected chi connectivity index (χ1v) is 7.26. The van der Waals surface area contributed by atoms with Gasteiger partial charge in [-0.2, -0.15) is 0 Å². The van der Waals surface area contributed by atoms with E-state index in [0.29, 0.717) is 19.5 Å². The van der Waals surface area contributed by atoms with Crippen molar-refractivity contribution in [2.45, 2.75) is 39.7 Å². The van der Waals surface area contributed by atoms with Gasteiger partial charge in [0.25, 0.3) is 0 Å². The SMILES string of the molecule is CCCN(CCN(C)C)C(=O)N[C@H](C(=O)O)C(C)CC. The lowest BCUT2D eigenvalue weighted by molar-refractivity contribution is -0.140. The zero-order valence-electron chi connectivity index (χ0n) is 13.3. The third-order valence-electron chi connectivity index (χ3n) is 3.36. The maximum Gasteiger partial charge on any atom is 0.326 e. The Morgan fingerprint density at radius 1 is 1.15 bits per heavy atom. The summed E-state index contributed by atoms with van der Waals surface area (Å²) in [4.78, 5) is 27.1. The molecule has 6 heteroatoms. The second-order valence-corrected chi connectivity index (χ2v) is 5.44. The Morgan fingerprint density at radius 3 is 2.15 bits per heavy atom. The van der Waals surface area contributed by atoms with Gasteiger partial charge in [-0.05, 0) is 26.4 Å². The highest BCUT2D eigenvalue weighted by atomic mass is 16.4. The molecule has 2 atom stereocenters. The maximum absolute atomic E-state index is 12.2. The Bertz CT molecular complexity index is 308. The molecule has 2 amide bonds. The minimum Gasteiger partial charge on any atom is -0.480 e. The van der Waals surface area contributed by atoms with Gasteiger partial charge in [-0.15, -0.1) is 0 Å². The van der Waals surface area contributed by atoms with Crippen molar-refractivity contribution in [2.24, 2.45) is 5.92 Å². The standard InChI is InChI=1S/C14H29N3O3/c1-6-8-17(10-9-16(4)5)14(20)15-12(13(18)19)11(3)7-2/h11-12H,6-10H2,1-5H3,(H,15,20)(H,18,19)/t11?,12-/m0/s1. The van der Waals surface area contributed by atoms with Crippen LogP contribution in [0.3, 0.4) is 0 Å². The van der Waals surface area contributed by atoms with E-state index in [1.165, 1.54) is 0 Å². The molecule has 0 radical (unpaired) electrons. The zero-order valence-corrected chi connectivity index (χ0v) is 13.3. The van der Waals surface area contributed by atoms with E-state index in [9.17, 15) is 14.7 Å². The number of carbonyl (C=O) groups excluding carboxylic acids is 1. The highest BCUT2D eigenvalue weighted by Gasteiger charge is 2.27. The summed E-state index contributed by atoms with van der Waals surface area (Å²) in [5.41, 5.74) is 0. The predicted octanol–water partition coefficient (Wildman–Crippen LogP) is 1.47. The van der Waals surface area contributed by atoms with Crippen molar-refractivity contribution in [1.29, 1.82) is 0 Å². The minimum atomic E-state index is -0.975. The first kappa shape index (κ1) is 18.7. The number of carboxylic acids is 1. The monoisotopic (exact) mass is 287 g/mol. The van der Waals surface area contributed by atoms with Gasteiger partial charge in [-0.25, -0.2) is 9.59 Å². The predicted molar refractivity (Wildman–Crippen MR) is 79.8 cm³/mol. The first-order chi connectivity index (χ1) is 9.33. The summed E-state index contributed by atoms with van der Waals surface area (Å²) in [5.74, 6) is -1.06. The smallest absolute Gasteiger partial charge is 0.326 e. The fraction of sp³-hybridized carbons (Fsp3) is 0.857. The third-order valence-corrected chi connectivity index (χ3v) is 3.36. The summed E-state index contributed by atoms with van der Waals surface area (Å²) in [6, 6.07) is -1.12. The molecule has 0 aromatic carbocycles. The number of likely N-dealkylation sites (N-methyl/N-ethyl adjacent to an activating group) is 1. The number of carboxylic acid groups (broad SMARTS) is 1. The molecule has 20 heavy (non-hydrogen) atoms. The van der Waals surface area contributed by atoms with E-state index in [0.717, 1.165) is 13.0 Å². The summed E-state index contributed by atoms with van der Waals surface area (Å²) in [6.45, 7) is 7.74. The largest absolute Gasteiger partial charge is 0.480 e. The summed E-state index contributed by atoms with van der Waals surface area (Å²) in [7, 11) is 3.89. The van der Waals surface area contributed by atoms with Crippen molar-refractivity contribution in [3.8, 4) is 0 Å². The Labute approximate surface area is 122 Å². The molecule has 0 bridgehead atoms. The Kier molecular flexibility index (Phi) is 8.96. The number of hydrogen-bond acceptors (Lipinski definition) is 3. The first-order valence-electron chi connectivity index (χ1n) is 7.26. The van der Waals surface area contributed by atoms with Crippen molar-refractivity contribution < 1.29 is 14.7 Å². The molecular weight excluding hydrogens is 258 g/mol. The third kappa shape index (κ3) is 6.75. The van der Waals surface area contributed by atoms with Crippen LogP contribution in [0.15, 0.2) is 0 Å². The van der Waals surface area contributed by atoms with Crippen molar-refractivity contribution >= 4 is 12.0 Å². The van der Waals surface area contributed by atoms with Crippen LogP contribution in [0.4, 0.5) is 4.79 Å². The average Bonchev–Trinajstić information content (AvgIpc) is 2.38. The van der Waals surface area contributed by atoms with E-state index in [1.807, 2.05) is 39.8 Å². The molecule has 118 valence electrons. The van der Waals surface area contributed by atoms with Gasteiger partial charge in [-0.3, -0.25) is 0 Å². The quantitative estimate of drug-likeness (QED) is 0.673. The van der Waals surface area contributed by atoms with Crippen LogP contribution in [0.5, 0.6) is 0 Å². The van der Waals surface area contributed by atoms with E-state index in [-0.39, 0.29) is 11.9 Å². The highest BCUT2D eigenvalue weighted by molar-refractivity contribution is 5.82. The lowest BCUT2D eigenvalue weighted by atomic mass is 9.99. The van der Waals surface area contributed by atoms with E-state index in [1.54, 1.807) is 4.90 Å². The number of amides is 2. The number of carbonyl (C=O) groups is 2. The average molecular weight is 287 g/mol. The van der Waals surface area contributed by atoms with Crippen LogP contribution in [0, 0.1) is 5.92 Å². The van der Waals surface area contributed by atoms with Crippen LogP contribution in [-0.2, 0) is 4.79 Å². The number of aliphatic carboxylic acids is 1. The molecule has 0 saturated heterocycles. The molecule has 0 heterocycles. The van der Waals surface area contributed by atoms with Crippen LogP contribution in [0.25, 0.3) is 0 Å². The van der Waals surface area contributed by atoms with Crippen LogP contribution < -0.4 is 5.32 Å². The topological polar surface area (TPSA) is 72.9 Å². The zero-order chi connectivity index (χ0) is 15.7. The van der Waals surface area contributed by atoms with E-state index >= 15 is 0 Å². The van der Waals surface area contributed by atoms with Crippen LogP contribution in [0.2, 0.25) is 0 Å². The molecule has 0 aromatic heterocycles. The Morgan fingerprint density at radius 2 is 1.75 bits per heavy atom. The molecular formula is C14H29N3O3. The van der Waals surface area contributed by atoms with Gasteiger partial charge in [-0.1, -0.05) is 27.2 Å². The van der Waals surface area contributed by atoms with Crippen molar-refractivity contribution in [2.75, 3.05) is 33.7 Å². The maximum atomic E-state index is 12.2. The summed E-state index contributed by atoms with van der Waals surface area (Å²) in [5, 5.41) is 11.9. The van der Waals surface area contributed by atoms with Crippen LogP contribution in [0.1, 0.15) is 33.6 Å². The molecule has 0 aromatic rings. The molecule has 2 N–H and O–H groups in total. The summed E-state index contributed by atoms with van der Waals surface area (Å²) >= 11 is 0. The molecule has 0 aliphatic carbocycles. The van der Waals surface area contributed by atoms with Gasteiger partial charge in [0.05, 0.1) is 0 Å². The van der Waals surface area contributed by atoms with E-state index in [4.69, 9.17) is 0 Å². The number of hydrogen-bond donors (Lipinski definition) is 2. The highest BCUT2D eigenvalue weighted by Crippen LogP contribution is 2.08. The fourth-order valence-corrected chi connectivity index (χ4v) is 1.81. The number of rotatable bonds is 9. The van der Waals surface area contributed by atoms with E-state index in [2.05, 4.69) is 5.32 Å². The Hall–Kier alpha value is -1.30. The van der Waals surface area contributed by atoms with Crippen LogP contribution >= 0.6 is 0 Å².